The monoisotopic (exact) mass is 294 g/mol. The number of carbonyl (C=O) groups excluding carboxylic acids is 1. The second kappa shape index (κ2) is 7.98. The van der Waals surface area contributed by atoms with Crippen LogP contribution in [0.3, 0.4) is 0 Å². The van der Waals surface area contributed by atoms with Gasteiger partial charge in [-0.2, -0.15) is 0 Å². The zero-order valence-electron chi connectivity index (χ0n) is 11.7. The van der Waals surface area contributed by atoms with Crippen LogP contribution in [0.5, 0.6) is 0 Å². The Kier molecular flexibility index (Phi) is 6.32. The Balaban J connectivity index is 2.55. The molecule has 114 valence electrons. The summed E-state index contributed by atoms with van der Waals surface area (Å²) in [6, 6.07) is 5.62. The van der Waals surface area contributed by atoms with Crippen LogP contribution in [0.2, 0.25) is 0 Å². The number of amides is 1. The Hall–Kier alpha value is -2.44. The molecule has 0 aliphatic rings. The summed E-state index contributed by atoms with van der Waals surface area (Å²) in [6.07, 6.45) is 1.59. The summed E-state index contributed by atoms with van der Waals surface area (Å²) < 4.78 is 0. The SMILES string of the molecule is CCCC(CCC(=O)Nc1cccc([N+](=O)[O-])c1)C(=O)O. The average Bonchev–Trinajstić information content (AvgIpc) is 2.43. The number of aliphatic carboxylic acids is 1. The Bertz CT molecular complexity index is 530. The number of nitro groups is 1. The van der Waals surface area contributed by atoms with Gasteiger partial charge in [0, 0.05) is 24.2 Å². The standard InChI is InChI=1S/C14H18N2O5/c1-2-4-10(14(18)19)7-8-13(17)15-11-5-3-6-12(9-11)16(20)21/h3,5-6,9-10H,2,4,7-8H2,1H3,(H,15,17)(H,18,19). The van der Waals surface area contributed by atoms with Crippen molar-refractivity contribution in [3.05, 3.63) is 34.4 Å². The second-order valence-electron chi connectivity index (χ2n) is 4.72. The van der Waals surface area contributed by atoms with Crippen LogP contribution in [0.25, 0.3) is 0 Å². The van der Waals surface area contributed by atoms with Gasteiger partial charge in [-0.25, -0.2) is 0 Å². The first-order valence-electron chi connectivity index (χ1n) is 6.71. The predicted molar refractivity (Wildman–Crippen MR) is 77.0 cm³/mol. The van der Waals surface area contributed by atoms with Gasteiger partial charge < -0.3 is 10.4 Å². The number of carboxylic acids is 1. The van der Waals surface area contributed by atoms with E-state index in [0.717, 1.165) is 6.42 Å². The smallest absolute Gasteiger partial charge is 0.306 e. The second-order valence-corrected chi connectivity index (χ2v) is 4.72. The summed E-state index contributed by atoms with van der Waals surface area (Å²) in [7, 11) is 0. The minimum atomic E-state index is -0.903. The van der Waals surface area contributed by atoms with Crippen LogP contribution in [-0.2, 0) is 9.59 Å². The number of anilines is 1. The van der Waals surface area contributed by atoms with Crippen LogP contribution in [0.15, 0.2) is 24.3 Å². The Labute approximate surface area is 122 Å². The molecule has 0 bridgehead atoms. The van der Waals surface area contributed by atoms with E-state index >= 15 is 0 Å². The molecule has 1 aromatic carbocycles. The fourth-order valence-electron chi connectivity index (χ4n) is 1.97. The fraction of sp³-hybridized carbons (Fsp3) is 0.429. The molecule has 0 aromatic heterocycles. The molecule has 0 radical (unpaired) electrons. The summed E-state index contributed by atoms with van der Waals surface area (Å²) in [5, 5.41) is 22.2. The molecule has 1 unspecified atom stereocenters. The molecular weight excluding hydrogens is 276 g/mol. The molecule has 7 nitrogen and oxygen atoms in total. The quantitative estimate of drug-likeness (QED) is 0.566. The third-order valence-corrected chi connectivity index (χ3v) is 3.05. The van der Waals surface area contributed by atoms with Crippen LogP contribution in [0, 0.1) is 16.0 Å². The third kappa shape index (κ3) is 5.60. The van der Waals surface area contributed by atoms with Crippen LogP contribution in [0.4, 0.5) is 11.4 Å². The molecule has 1 aromatic rings. The molecule has 0 aliphatic heterocycles. The van der Waals surface area contributed by atoms with Crippen LogP contribution in [0.1, 0.15) is 32.6 Å². The van der Waals surface area contributed by atoms with Gasteiger partial charge in [0.05, 0.1) is 10.8 Å². The highest BCUT2D eigenvalue weighted by Gasteiger charge is 2.18. The number of benzene rings is 1. The van der Waals surface area contributed by atoms with Gasteiger partial charge in [-0.05, 0) is 18.9 Å². The molecule has 0 fully saturated rings. The van der Waals surface area contributed by atoms with Gasteiger partial charge in [0.25, 0.3) is 5.69 Å². The van der Waals surface area contributed by atoms with Gasteiger partial charge in [-0.3, -0.25) is 19.7 Å². The minimum Gasteiger partial charge on any atom is -0.481 e. The van der Waals surface area contributed by atoms with E-state index in [0.29, 0.717) is 12.1 Å². The summed E-state index contributed by atoms with van der Waals surface area (Å²) in [5.41, 5.74) is 0.221. The molecule has 1 rings (SSSR count). The van der Waals surface area contributed by atoms with E-state index in [9.17, 15) is 19.7 Å². The average molecular weight is 294 g/mol. The number of rotatable bonds is 8. The van der Waals surface area contributed by atoms with Crippen molar-refractivity contribution < 1.29 is 19.6 Å². The molecule has 2 N–H and O–H groups in total. The maximum atomic E-state index is 11.8. The van der Waals surface area contributed by atoms with Crippen molar-refractivity contribution in [3.63, 3.8) is 0 Å². The molecule has 0 spiro atoms. The number of hydrogen-bond donors (Lipinski definition) is 2. The molecule has 1 atom stereocenters. The molecular formula is C14H18N2O5. The van der Waals surface area contributed by atoms with E-state index in [1.807, 2.05) is 6.92 Å². The Morgan fingerprint density at radius 3 is 2.67 bits per heavy atom. The van der Waals surface area contributed by atoms with E-state index in [-0.39, 0.29) is 24.4 Å². The van der Waals surface area contributed by atoms with Crippen molar-refractivity contribution in [1.82, 2.24) is 0 Å². The molecule has 0 saturated heterocycles. The summed E-state index contributed by atoms with van der Waals surface area (Å²) >= 11 is 0. The number of carbonyl (C=O) groups is 2. The highest BCUT2D eigenvalue weighted by atomic mass is 16.6. The first-order valence-corrected chi connectivity index (χ1v) is 6.71. The maximum Gasteiger partial charge on any atom is 0.306 e. The normalized spacial score (nSPS) is 11.7. The number of non-ortho nitro benzene ring substituents is 1. The summed E-state index contributed by atoms with van der Waals surface area (Å²) in [6.45, 7) is 1.89. The van der Waals surface area contributed by atoms with Crippen molar-refractivity contribution in [1.29, 1.82) is 0 Å². The highest BCUT2D eigenvalue weighted by Crippen LogP contribution is 2.18. The largest absolute Gasteiger partial charge is 0.481 e. The summed E-state index contributed by atoms with van der Waals surface area (Å²) in [5.74, 6) is -1.79. The lowest BCUT2D eigenvalue weighted by atomic mass is 9.98. The van der Waals surface area contributed by atoms with E-state index < -0.39 is 16.8 Å². The molecule has 0 aliphatic carbocycles. The van der Waals surface area contributed by atoms with Gasteiger partial charge in [-0.15, -0.1) is 0 Å². The number of nitro benzene ring substituents is 1. The van der Waals surface area contributed by atoms with Gasteiger partial charge in [0.15, 0.2) is 0 Å². The lowest BCUT2D eigenvalue weighted by molar-refractivity contribution is -0.384. The molecule has 7 heteroatoms. The van der Waals surface area contributed by atoms with Gasteiger partial charge in [-0.1, -0.05) is 19.4 Å². The molecule has 0 heterocycles. The maximum absolute atomic E-state index is 11.8. The Morgan fingerprint density at radius 1 is 1.38 bits per heavy atom. The number of hydrogen-bond acceptors (Lipinski definition) is 4. The van der Waals surface area contributed by atoms with E-state index in [1.165, 1.54) is 18.2 Å². The van der Waals surface area contributed by atoms with Crippen LogP contribution < -0.4 is 5.32 Å². The molecule has 1 amide bonds. The van der Waals surface area contributed by atoms with E-state index in [4.69, 9.17) is 5.11 Å². The predicted octanol–water partition coefficient (Wildman–Crippen LogP) is 2.81. The molecule has 0 saturated carbocycles. The fourth-order valence-corrected chi connectivity index (χ4v) is 1.97. The minimum absolute atomic E-state index is 0.0691. The van der Waals surface area contributed by atoms with Crippen molar-refractivity contribution in [2.75, 3.05) is 5.32 Å². The number of nitrogens with zero attached hydrogens (tertiary/aromatic N) is 1. The van der Waals surface area contributed by atoms with Crippen molar-refractivity contribution in [2.24, 2.45) is 5.92 Å². The van der Waals surface area contributed by atoms with Gasteiger partial charge >= 0.3 is 5.97 Å². The number of carboxylic acid groups (broad SMARTS) is 1. The van der Waals surface area contributed by atoms with Crippen molar-refractivity contribution >= 4 is 23.3 Å². The van der Waals surface area contributed by atoms with Crippen LogP contribution in [-0.4, -0.2) is 21.9 Å². The zero-order chi connectivity index (χ0) is 15.8. The number of nitrogens with one attached hydrogen (secondary N) is 1. The zero-order valence-corrected chi connectivity index (χ0v) is 11.7. The van der Waals surface area contributed by atoms with Gasteiger partial charge in [0.2, 0.25) is 5.91 Å². The summed E-state index contributed by atoms with van der Waals surface area (Å²) in [4.78, 5) is 32.8. The first kappa shape index (κ1) is 16.6. The highest BCUT2D eigenvalue weighted by molar-refractivity contribution is 5.91. The Morgan fingerprint density at radius 2 is 2.10 bits per heavy atom. The first-order chi connectivity index (χ1) is 9.93. The lowest BCUT2D eigenvalue weighted by Crippen LogP contribution is -2.18. The van der Waals surface area contributed by atoms with Gasteiger partial charge in [0.1, 0.15) is 0 Å². The van der Waals surface area contributed by atoms with Crippen LogP contribution >= 0.6 is 0 Å². The van der Waals surface area contributed by atoms with Crippen molar-refractivity contribution in [2.45, 2.75) is 32.6 Å². The van der Waals surface area contributed by atoms with Crippen molar-refractivity contribution in [3.8, 4) is 0 Å². The molecule has 21 heavy (non-hydrogen) atoms. The van der Waals surface area contributed by atoms with E-state index in [1.54, 1.807) is 6.07 Å². The van der Waals surface area contributed by atoms with E-state index in [2.05, 4.69) is 5.32 Å². The lowest BCUT2D eigenvalue weighted by Gasteiger charge is -2.11. The third-order valence-electron chi connectivity index (χ3n) is 3.05. The topological polar surface area (TPSA) is 110 Å².